The number of carboxylic acids is 1. The lowest BCUT2D eigenvalue weighted by molar-refractivity contribution is 0.0695. The third-order valence-electron chi connectivity index (χ3n) is 1.96. The van der Waals surface area contributed by atoms with Gasteiger partial charge in [-0.15, -0.1) is 0 Å². The summed E-state index contributed by atoms with van der Waals surface area (Å²) in [5.74, 6) is -0.995. The summed E-state index contributed by atoms with van der Waals surface area (Å²) in [6.07, 6.45) is 0.532. The molecule has 0 aliphatic heterocycles. The molecule has 0 atom stereocenters. The summed E-state index contributed by atoms with van der Waals surface area (Å²) in [4.78, 5) is 10.8. The van der Waals surface area contributed by atoms with Crippen LogP contribution in [0.3, 0.4) is 0 Å². The van der Waals surface area contributed by atoms with Gasteiger partial charge < -0.3 is 5.11 Å². The van der Waals surface area contributed by atoms with Crippen molar-refractivity contribution < 1.29 is 9.90 Å². The van der Waals surface area contributed by atoms with Crippen LogP contribution in [-0.2, 0) is 6.42 Å². The van der Waals surface area contributed by atoms with E-state index < -0.39 is 5.97 Å². The molecule has 0 unspecified atom stereocenters. The number of carbonyl (C=O) groups is 1. The molecule has 0 saturated carbocycles. The number of aromatic carboxylic acids is 1. The average molecular weight is 254 g/mol. The molecule has 0 aliphatic rings. The second-order valence-corrected chi connectivity index (χ2v) is 3.57. The van der Waals surface area contributed by atoms with Crippen molar-refractivity contribution in [3.63, 3.8) is 0 Å². The maximum atomic E-state index is 10.8. The fourth-order valence-electron chi connectivity index (χ4n) is 1.31. The van der Waals surface area contributed by atoms with E-state index in [1.807, 2.05) is 13.0 Å². The van der Waals surface area contributed by atoms with Crippen LogP contribution in [0.4, 0.5) is 0 Å². The van der Waals surface area contributed by atoms with Gasteiger partial charge in [0.1, 0.15) is 6.07 Å². The van der Waals surface area contributed by atoms with Gasteiger partial charge in [0.05, 0.1) is 11.1 Å². The van der Waals surface area contributed by atoms with E-state index in [-0.39, 0.29) is 5.56 Å². The van der Waals surface area contributed by atoms with Gasteiger partial charge in [-0.3, -0.25) is 0 Å². The minimum atomic E-state index is -0.995. The van der Waals surface area contributed by atoms with Crippen molar-refractivity contribution in [2.24, 2.45) is 0 Å². The lowest BCUT2D eigenvalue weighted by atomic mass is 10.00. The Morgan fingerprint density at radius 1 is 1.64 bits per heavy atom. The number of hydrogen-bond acceptors (Lipinski definition) is 2. The van der Waals surface area contributed by atoms with E-state index in [0.717, 1.165) is 0 Å². The van der Waals surface area contributed by atoms with Gasteiger partial charge in [0.25, 0.3) is 0 Å². The fraction of sp³-hybridized carbons (Fsp3) is 0.200. The van der Waals surface area contributed by atoms with E-state index in [2.05, 4.69) is 15.9 Å². The molecule has 1 N–H and O–H groups in total. The smallest absolute Gasteiger partial charge is 0.336 e. The van der Waals surface area contributed by atoms with E-state index in [1.165, 1.54) is 6.07 Å². The third kappa shape index (κ3) is 1.78. The molecule has 72 valence electrons. The highest BCUT2D eigenvalue weighted by Gasteiger charge is 2.14. The van der Waals surface area contributed by atoms with Gasteiger partial charge in [-0.1, -0.05) is 6.92 Å². The van der Waals surface area contributed by atoms with Crippen LogP contribution >= 0.6 is 15.9 Å². The third-order valence-corrected chi connectivity index (χ3v) is 2.62. The second-order valence-electron chi connectivity index (χ2n) is 2.72. The van der Waals surface area contributed by atoms with Gasteiger partial charge in [0, 0.05) is 4.47 Å². The van der Waals surface area contributed by atoms with Crippen molar-refractivity contribution in [3.8, 4) is 6.07 Å². The summed E-state index contributed by atoms with van der Waals surface area (Å²) >= 11 is 3.22. The van der Waals surface area contributed by atoms with Crippen LogP contribution in [0.25, 0.3) is 0 Å². The Labute approximate surface area is 90.1 Å². The number of benzene rings is 1. The molecule has 0 saturated heterocycles. The minimum Gasteiger partial charge on any atom is -0.478 e. The molecule has 0 heterocycles. The Hall–Kier alpha value is -1.34. The van der Waals surface area contributed by atoms with Crippen molar-refractivity contribution in [1.82, 2.24) is 0 Å². The van der Waals surface area contributed by atoms with Crippen molar-refractivity contribution in [2.75, 3.05) is 0 Å². The van der Waals surface area contributed by atoms with E-state index in [1.54, 1.807) is 6.07 Å². The molecule has 1 rings (SSSR count). The molecule has 0 amide bonds. The Morgan fingerprint density at radius 2 is 2.29 bits per heavy atom. The molecular weight excluding hydrogens is 246 g/mol. The Balaban J connectivity index is 3.50. The van der Waals surface area contributed by atoms with Crippen molar-refractivity contribution >= 4 is 21.9 Å². The molecule has 4 heteroatoms. The Kier molecular flexibility index (Phi) is 3.26. The number of rotatable bonds is 2. The topological polar surface area (TPSA) is 61.1 Å². The van der Waals surface area contributed by atoms with Crippen LogP contribution in [0.2, 0.25) is 0 Å². The highest BCUT2D eigenvalue weighted by Crippen LogP contribution is 2.23. The van der Waals surface area contributed by atoms with E-state index in [4.69, 9.17) is 10.4 Å². The van der Waals surface area contributed by atoms with Crippen molar-refractivity contribution in [1.29, 1.82) is 5.26 Å². The summed E-state index contributed by atoms with van der Waals surface area (Å²) in [7, 11) is 0. The van der Waals surface area contributed by atoms with Crippen LogP contribution in [-0.4, -0.2) is 11.1 Å². The largest absolute Gasteiger partial charge is 0.478 e. The van der Waals surface area contributed by atoms with Crippen LogP contribution in [0.5, 0.6) is 0 Å². The fourth-order valence-corrected chi connectivity index (χ4v) is 1.77. The lowest BCUT2D eigenvalue weighted by Gasteiger charge is -2.06. The van der Waals surface area contributed by atoms with E-state index in [9.17, 15) is 4.79 Å². The lowest BCUT2D eigenvalue weighted by Crippen LogP contribution is -2.04. The first kappa shape index (κ1) is 10.7. The molecule has 0 aliphatic carbocycles. The highest BCUT2D eigenvalue weighted by molar-refractivity contribution is 9.10. The minimum absolute atomic E-state index is 0.201. The Bertz CT molecular complexity index is 421. The molecule has 0 fully saturated rings. The number of nitrogens with zero attached hydrogens (tertiary/aromatic N) is 1. The van der Waals surface area contributed by atoms with Crippen molar-refractivity contribution in [3.05, 3.63) is 33.3 Å². The molecule has 14 heavy (non-hydrogen) atoms. The molecule has 0 spiro atoms. The molecule has 0 radical (unpaired) electrons. The zero-order valence-electron chi connectivity index (χ0n) is 7.54. The number of hydrogen-bond donors (Lipinski definition) is 1. The normalized spacial score (nSPS) is 9.50. The molecular formula is C10H8BrNO2. The monoisotopic (exact) mass is 253 g/mol. The van der Waals surface area contributed by atoms with Gasteiger partial charge in [0.2, 0.25) is 0 Å². The summed E-state index contributed by atoms with van der Waals surface area (Å²) in [6.45, 7) is 1.83. The summed E-state index contributed by atoms with van der Waals surface area (Å²) in [5.41, 5.74) is 1.19. The van der Waals surface area contributed by atoms with Gasteiger partial charge in [-0.25, -0.2) is 4.79 Å². The quantitative estimate of drug-likeness (QED) is 0.882. The predicted octanol–water partition coefficient (Wildman–Crippen LogP) is 2.58. The molecule has 0 bridgehead atoms. The van der Waals surface area contributed by atoms with Gasteiger partial charge in [0.15, 0.2) is 0 Å². The molecule has 3 nitrogen and oxygen atoms in total. The van der Waals surface area contributed by atoms with Crippen LogP contribution in [0.15, 0.2) is 16.6 Å². The number of carboxylic acid groups (broad SMARTS) is 1. The number of halogens is 1. The van der Waals surface area contributed by atoms with E-state index in [0.29, 0.717) is 22.0 Å². The van der Waals surface area contributed by atoms with Crippen LogP contribution in [0.1, 0.15) is 28.4 Å². The van der Waals surface area contributed by atoms with Crippen LogP contribution in [0, 0.1) is 11.3 Å². The maximum absolute atomic E-state index is 10.8. The molecule has 1 aromatic rings. The summed E-state index contributed by atoms with van der Waals surface area (Å²) in [6, 6.07) is 5.09. The predicted molar refractivity (Wildman–Crippen MR) is 55.2 cm³/mol. The van der Waals surface area contributed by atoms with Crippen LogP contribution < -0.4 is 0 Å². The van der Waals surface area contributed by atoms with Gasteiger partial charge in [-0.2, -0.15) is 5.26 Å². The first-order valence-corrected chi connectivity index (χ1v) is 4.85. The maximum Gasteiger partial charge on any atom is 0.336 e. The highest BCUT2D eigenvalue weighted by atomic mass is 79.9. The Morgan fingerprint density at radius 3 is 2.71 bits per heavy atom. The van der Waals surface area contributed by atoms with E-state index >= 15 is 0 Å². The van der Waals surface area contributed by atoms with Gasteiger partial charge in [-0.05, 0) is 40.0 Å². The summed E-state index contributed by atoms with van der Waals surface area (Å²) < 4.78 is 0.641. The SMILES string of the molecule is CCc1c(C(=O)O)ccc(Br)c1C#N. The first-order chi connectivity index (χ1) is 6.61. The molecule has 0 aromatic heterocycles. The standard InChI is InChI=1S/C10H8BrNO2/c1-2-6-7(10(13)14)3-4-9(11)8(6)5-12/h3-4H,2H2,1H3,(H,13,14). The first-order valence-electron chi connectivity index (χ1n) is 4.06. The zero-order valence-corrected chi connectivity index (χ0v) is 9.13. The number of nitriles is 1. The average Bonchev–Trinajstić information content (AvgIpc) is 2.16. The summed E-state index contributed by atoms with van der Waals surface area (Å²) in [5, 5.41) is 17.7. The molecule has 1 aromatic carbocycles. The van der Waals surface area contributed by atoms with Crippen molar-refractivity contribution in [2.45, 2.75) is 13.3 Å². The second kappa shape index (κ2) is 4.25. The zero-order chi connectivity index (χ0) is 10.7. The van der Waals surface area contributed by atoms with Gasteiger partial charge >= 0.3 is 5.97 Å².